The van der Waals surface area contributed by atoms with Crippen molar-refractivity contribution in [2.24, 2.45) is 10.1 Å². The largest absolute Gasteiger partial charge is 0.342 e. The van der Waals surface area contributed by atoms with Gasteiger partial charge in [0.25, 0.3) is 5.91 Å². The van der Waals surface area contributed by atoms with Crippen LogP contribution in [0.3, 0.4) is 0 Å². The minimum atomic E-state index is -0.439. The number of hydrogen-bond acceptors (Lipinski definition) is 5. The summed E-state index contributed by atoms with van der Waals surface area (Å²) in [5.74, 6) is -0.424. The number of para-hydroxylation sites is 1. The number of pyridine rings is 1. The number of benzene rings is 2. The van der Waals surface area contributed by atoms with E-state index < -0.39 is 5.91 Å². The summed E-state index contributed by atoms with van der Waals surface area (Å²) < 4.78 is 2.16. The minimum Gasteiger partial charge on any atom is -0.342 e. The number of aliphatic imine (C=N–C) groups is 1. The Balaban J connectivity index is 1.38. The van der Waals surface area contributed by atoms with E-state index in [0.717, 1.165) is 22.0 Å². The number of amidine groups is 2. The summed E-state index contributed by atoms with van der Waals surface area (Å²) in [6.07, 6.45) is 7.16. The summed E-state index contributed by atoms with van der Waals surface area (Å²) in [7, 11) is 0. The Morgan fingerprint density at radius 3 is 2.65 bits per heavy atom. The molecule has 8 heteroatoms. The Kier molecular flexibility index (Phi) is 4.92. The monoisotopic (exact) mass is 462 g/mol. The van der Waals surface area contributed by atoms with E-state index >= 15 is 0 Å². The maximum Gasteiger partial charge on any atom is 0.283 e. The van der Waals surface area contributed by atoms with Crippen molar-refractivity contribution in [3.63, 3.8) is 0 Å². The van der Waals surface area contributed by atoms with E-state index in [2.05, 4.69) is 37.8 Å². The lowest BCUT2D eigenvalue weighted by atomic mass is 10.1. The summed E-state index contributed by atoms with van der Waals surface area (Å²) >= 11 is 1.26. The van der Waals surface area contributed by atoms with Crippen molar-refractivity contribution in [1.29, 1.82) is 5.41 Å². The zero-order chi connectivity index (χ0) is 23.1. The second kappa shape index (κ2) is 8.24. The third-order valence-corrected chi connectivity index (χ3v) is 6.64. The minimum absolute atomic E-state index is 0.0151. The lowest BCUT2D eigenvalue weighted by molar-refractivity contribution is -0.114. The Labute approximate surface area is 199 Å². The highest BCUT2D eigenvalue weighted by molar-refractivity contribution is 8.27. The molecule has 0 saturated carbocycles. The first-order chi connectivity index (χ1) is 16.7. The molecule has 0 spiro atoms. The van der Waals surface area contributed by atoms with Crippen molar-refractivity contribution in [1.82, 2.24) is 14.6 Å². The standard InChI is InChI=1S/C26H18N6OS/c27-23-21(24(33)29-26-32(23)30-25(34-26)18-9-6-12-28-14-18)13-19-16-31(15-17-7-2-1-3-8-17)22-11-5-4-10-20(19)22/h1-14,16,27H,15H2/b21-13-,27-23?. The van der Waals surface area contributed by atoms with Gasteiger partial charge in [-0.3, -0.25) is 15.2 Å². The maximum absolute atomic E-state index is 12.9. The van der Waals surface area contributed by atoms with E-state index in [1.165, 1.54) is 22.3 Å². The molecule has 0 unspecified atom stereocenters. The van der Waals surface area contributed by atoms with Gasteiger partial charge in [0, 0.05) is 47.2 Å². The number of nitrogens with zero attached hydrogens (tertiary/aromatic N) is 5. The van der Waals surface area contributed by atoms with Gasteiger partial charge < -0.3 is 4.57 Å². The number of carbonyl (C=O) groups excluding carboxylic acids is 1. The van der Waals surface area contributed by atoms with Crippen LogP contribution in [0.2, 0.25) is 0 Å². The second-order valence-corrected chi connectivity index (χ2v) is 8.84. The summed E-state index contributed by atoms with van der Waals surface area (Å²) in [5, 5.41) is 16.7. The van der Waals surface area contributed by atoms with Gasteiger partial charge in [0.1, 0.15) is 5.04 Å². The van der Waals surface area contributed by atoms with Crippen molar-refractivity contribution in [2.45, 2.75) is 6.54 Å². The molecule has 0 aliphatic carbocycles. The predicted octanol–water partition coefficient (Wildman–Crippen LogP) is 4.75. The number of aromatic nitrogens is 2. The van der Waals surface area contributed by atoms with E-state index in [1.807, 2.05) is 54.7 Å². The number of carbonyl (C=O) groups is 1. The molecule has 0 bridgehead atoms. The molecule has 4 heterocycles. The molecular formula is C26H18N6OS. The second-order valence-electron chi connectivity index (χ2n) is 7.88. The highest BCUT2D eigenvalue weighted by atomic mass is 32.2. The summed E-state index contributed by atoms with van der Waals surface area (Å²) in [5.41, 5.74) is 4.14. The maximum atomic E-state index is 12.9. The first-order valence-electron chi connectivity index (χ1n) is 10.7. The Morgan fingerprint density at radius 1 is 1.00 bits per heavy atom. The van der Waals surface area contributed by atoms with Crippen LogP contribution in [-0.2, 0) is 11.3 Å². The van der Waals surface area contributed by atoms with Crippen molar-refractivity contribution < 1.29 is 4.79 Å². The molecule has 4 aromatic rings. The lowest BCUT2D eigenvalue weighted by Gasteiger charge is -2.20. The van der Waals surface area contributed by atoms with Gasteiger partial charge in [-0.15, -0.1) is 0 Å². The highest BCUT2D eigenvalue weighted by Crippen LogP contribution is 2.32. The molecule has 2 aliphatic heterocycles. The van der Waals surface area contributed by atoms with E-state index in [1.54, 1.807) is 18.5 Å². The normalized spacial score (nSPS) is 16.7. The molecule has 0 atom stereocenters. The summed E-state index contributed by atoms with van der Waals surface area (Å²) in [6, 6.07) is 22.0. The molecule has 7 nitrogen and oxygen atoms in total. The smallest absolute Gasteiger partial charge is 0.283 e. The van der Waals surface area contributed by atoms with Gasteiger partial charge in [-0.1, -0.05) is 48.5 Å². The van der Waals surface area contributed by atoms with Gasteiger partial charge in [0.15, 0.2) is 5.84 Å². The molecule has 6 rings (SSSR count). The predicted molar refractivity (Wildman–Crippen MR) is 136 cm³/mol. The van der Waals surface area contributed by atoms with Crippen LogP contribution in [0.5, 0.6) is 0 Å². The van der Waals surface area contributed by atoms with Crippen LogP contribution < -0.4 is 0 Å². The van der Waals surface area contributed by atoms with Crippen LogP contribution >= 0.6 is 11.8 Å². The fourth-order valence-corrected chi connectivity index (χ4v) is 4.94. The molecule has 164 valence electrons. The quantitative estimate of drug-likeness (QED) is 0.444. The molecule has 34 heavy (non-hydrogen) atoms. The topological polar surface area (TPSA) is 86.7 Å². The van der Waals surface area contributed by atoms with E-state index in [4.69, 9.17) is 5.41 Å². The Bertz CT molecular complexity index is 1540. The number of hydrogen-bond donors (Lipinski definition) is 1. The summed E-state index contributed by atoms with van der Waals surface area (Å²) in [4.78, 5) is 21.3. The zero-order valence-electron chi connectivity index (χ0n) is 17.9. The molecule has 2 aromatic heterocycles. The third-order valence-electron chi connectivity index (χ3n) is 5.68. The summed E-state index contributed by atoms with van der Waals surface area (Å²) in [6.45, 7) is 0.708. The van der Waals surface area contributed by atoms with Gasteiger partial charge in [-0.25, -0.2) is 0 Å². The fourth-order valence-electron chi connectivity index (χ4n) is 4.05. The fraction of sp³-hybridized carbons (Fsp3) is 0.0385. The van der Waals surface area contributed by atoms with Crippen molar-refractivity contribution in [3.8, 4) is 0 Å². The van der Waals surface area contributed by atoms with E-state index in [9.17, 15) is 4.79 Å². The molecule has 0 saturated heterocycles. The van der Waals surface area contributed by atoms with Gasteiger partial charge in [-0.2, -0.15) is 15.1 Å². The van der Waals surface area contributed by atoms with Crippen molar-refractivity contribution in [2.75, 3.05) is 0 Å². The van der Waals surface area contributed by atoms with Gasteiger partial charge >= 0.3 is 0 Å². The third kappa shape index (κ3) is 3.54. The molecule has 1 amide bonds. The van der Waals surface area contributed by atoms with Gasteiger partial charge in [0.2, 0.25) is 5.17 Å². The molecule has 0 fully saturated rings. The average molecular weight is 463 g/mol. The Morgan fingerprint density at radius 2 is 1.82 bits per heavy atom. The van der Waals surface area contributed by atoms with Crippen molar-refractivity contribution in [3.05, 3.63) is 108 Å². The van der Waals surface area contributed by atoms with E-state index in [0.29, 0.717) is 16.8 Å². The Hall–Kier alpha value is -4.30. The van der Waals surface area contributed by atoms with E-state index in [-0.39, 0.29) is 11.4 Å². The lowest BCUT2D eigenvalue weighted by Crippen LogP contribution is -2.35. The van der Waals surface area contributed by atoms with Crippen molar-refractivity contribution >= 4 is 50.7 Å². The molecule has 0 radical (unpaired) electrons. The van der Waals surface area contributed by atoms with Gasteiger partial charge in [-0.05, 0) is 41.6 Å². The van der Waals surface area contributed by atoms with Gasteiger partial charge in [0.05, 0.1) is 5.57 Å². The molecule has 1 N–H and O–H groups in total. The zero-order valence-corrected chi connectivity index (χ0v) is 18.7. The number of nitrogens with one attached hydrogen (secondary N) is 1. The number of thioether (sulfide) groups is 1. The average Bonchev–Trinajstić information content (AvgIpc) is 3.45. The molecule has 2 aromatic carbocycles. The van der Waals surface area contributed by atoms with Crippen LogP contribution in [0, 0.1) is 5.41 Å². The number of amides is 1. The first kappa shape index (κ1) is 20.3. The number of rotatable bonds is 4. The first-order valence-corrected chi connectivity index (χ1v) is 11.5. The van der Waals surface area contributed by atoms with Crippen LogP contribution in [0.15, 0.2) is 101 Å². The number of hydrazone groups is 1. The van der Waals surface area contributed by atoms with Crippen LogP contribution in [0.1, 0.15) is 16.7 Å². The SMILES string of the molecule is N=C1/C(=C/c2cn(Cc3ccccc3)c3ccccc23)C(=O)N=C2SC(c3cccnc3)=NN12. The number of fused-ring (bicyclic) bond motifs is 2. The highest BCUT2D eigenvalue weighted by Gasteiger charge is 2.36. The molecule has 2 aliphatic rings. The van der Waals surface area contributed by atoms with Crippen LogP contribution in [0.4, 0.5) is 0 Å². The van der Waals surface area contributed by atoms with Crippen LogP contribution in [-0.4, -0.2) is 36.5 Å². The van der Waals surface area contributed by atoms with Crippen LogP contribution in [0.25, 0.3) is 17.0 Å². The molecular weight excluding hydrogens is 444 g/mol.